The van der Waals surface area contributed by atoms with Gasteiger partial charge in [0.05, 0.1) is 11.4 Å². The van der Waals surface area contributed by atoms with Crippen molar-refractivity contribution < 1.29 is 13.2 Å². The van der Waals surface area contributed by atoms with E-state index < -0.39 is 10.0 Å². The number of hydrogen-bond donors (Lipinski definition) is 0. The average molecular weight is 354 g/mol. The molecule has 0 bridgehead atoms. The topological polar surface area (TPSA) is 75.5 Å². The smallest absolute Gasteiger partial charge is 0.246 e. The molecular formula is C16H26N4O3S. The third-order valence-electron chi connectivity index (χ3n) is 5.26. The fourth-order valence-corrected chi connectivity index (χ4v) is 5.39. The Hall–Kier alpha value is -1.41. The Morgan fingerprint density at radius 3 is 2.33 bits per heavy atom. The van der Waals surface area contributed by atoms with Crippen LogP contribution in [0.4, 0.5) is 0 Å². The molecule has 0 spiro atoms. The number of amides is 1. The second kappa shape index (κ2) is 6.48. The van der Waals surface area contributed by atoms with Crippen LogP contribution in [0.2, 0.25) is 0 Å². The zero-order valence-electron chi connectivity index (χ0n) is 14.7. The van der Waals surface area contributed by atoms with Gasteiger partial charge in [-0.1, -0.05) is 6.42 Å². The van der Waals surface area contributed by atoms with E-state index in [0.29, 0.717) is 48.9 Å². The van der Waals surface area contributed by atoms with Gasteiger partial charge < -0.3 is 4.90 Å². The van der Waals surface area contributed by atoms with Crippen LogP contribution in [0, 0.1) is 19.8 Å². The molecule has 0 atom stereocenters. The van der Waals surface area contributed by atoms with Crippen molar-refractivity contribution in [3.63, 3.8) is 0 Å². The quantitative estimate of drug-likeness (QED) is 0.813. The number of carbonyl (C=O) groups excluding carboxylic acids is 1. The molecule has 1 aliphatic carbocycles. The standard InChI is InChI=1S/C16H26N4O3S/c1-12-15(13(2)18(3)17-12)24(22,23)20-9-5-8-19(10-11-20)16(21)14-6-4-7-14/h14H,4-11H2,1-3H3. The molecule has 0 unspecified atom stereocenters. The zero-order valence-corrected chi connectivity index (χ0v) is 15.5. The van der Waals surface area contributed by atoms with Crippen molar-refractivity contribution in [1.82, 2.24) is 19.0 Å². The van der Waals surface area contributed by atoms with E-state index in [4.69, 9.17) is 0 Å². The molecule has 1 saturated heterocycles. The minimum atomic E-state index is -3.57. The molecule has 134 valence electrons. The van der Waals surface area contributed by atoms with Crippen molar-refractivity contribution in [2.75, 3.05) is 26.2 Å². The Labute approximate surface area is 143 Å². The predicted octanol–water partition coefficient (Wildman–Crippen LogP) is 1.06. The lowest BCUT2D eigenvalue weighted by molar-refractivity contribution is -0.138. The molecule has 0 radical (unpaired) electrons. The molecule has 7 nitrogen and oxygen atoms in total. The number of rotatable bonds is 3. The molecule has 1 aromatic rings. The van der Waals surface area contributed by atoms with Gasteiger partial charge in [-0.15, -0.1) is 0 Å². The van der Waals surface area contributed by atoms with Crippen LogP contribution in [0.5, 0.6) is 0 Å². The van der Waals surface area contributed by atoms with Crippen molar-refractivity contribution >= 4 is 15.9 Å². The van der Waals surface area contributed by atoms with E-state index in [1.807, 2.05) is 4.90 Å². The Bertz CT molecular complexity index is 737. The Morgan fingerprint density at radius 2 is 1.79 bits per heavy atom. The van der Waals surface area contributed by atoms with Gasteiger partial charge in [0.15, 0.2) is 0 Å². The van der Waals surface area contributed by atoms with E-state index >= 15 is 0 Å². The molecule has 2 heterocycles. The average Bonchev–Trinajstić information content (AvgIpc) is 2.66. The third-order valence-corrected chi connectivity index (χ3v) is 7.41. The summed E-state index contributed by atoms with van der Waals surface area (Å²) in [5.41, 5.74) is 1.18. The summed E-state index contributed by atoms with van der Waals surface area (Å²) in [5, 5.41) is 4.23. The highest BCUT2D eigenvalue weighted by atomic mass is 32.2. The largest absolute Gasteiger partial charge is 0.341 e. The van der Waals surface area contributed by atoms with Crippen molar-refractivity contribution in [1.29, 1.82) is 0 Å². The molecule has 0 N–H and O–H groups in total. The number of carbonyl (C=O) groups is 1. The lowest BCUT2D eigenvalue weighted by atomic mass is 9.84. The Kier molecular flexibility index (Phi) is 4.70. The van der Waals surface area contributed by atoms with Gasteiger partial charge in [0.25, 0.3) is 0 Å². The molecule has 1 saturated carbocycles. The lowest BCUT2D eigenvalue weighted by Crippen LogP contribution is -2.41. The van der Waals surface area contributed by atoms with Crippen molar-refractivity contribution in [2.45, 2.75) is 44.4 Å². The van der Waals surface area contributed by atoms with E-state index in [-0.39, 0.29) is 11.8 Å². The molecule has 1 aliphatic heterocycles. The van der Waals surface area contributed by atoms with Crippen LogP contribution < -0.4 is 0 Å². The first kappa shape index (κ1) is 17.4. The minimum absolute atomic E-state index is 0.163. The third kappa shape index (κ3) is 2.97. The van der Waals surface area contributed by atoms with Gasteiger partial charge >= 0.3 is 0 Å². The lowest BCUT2D eigenvalue weighted by Gasteiger charge is -2.31. The molecule has 1 amide bonds. The molecule has 24 heavy (non-hydrogen) atoms. The van der Waals surface area contributed by atoms with Crippen LogP contribution in [0.15, 0.2) is 4.90 Å². The summed E-state index contributed by atoms with van der Waals surface area (Å²) in [7, 11) is -1.82. The first-order chi connectivity index (χ1) is 11.3. The second-order valence-corrected chi connectivity index (χ2v) is 8.71. The van der Waals surface area contributed by atoms with Crippen molar-refractivity contribution in [2.24, 2.45) is 13.0 Å². The first-order valence-corrected chi connectivity index (χ1v) is 10.1. The van der Waals surface area contributed by atoms with Gasteiger partial charge in [-0.05, 0) is 33.1 Å². The van der Waals surface area contributed by atoms with Crippen LogP contribution in [0.25, 0.3) is 0 Å². The number of aromatic nitrogens is 2. The van der Waals surface area contributed by atoms with Crippen molar-refractivity contribution in [3.05, 3.63) is 11.4 Å². The maximum absolute atomic E-state index is 13.0. The number of nitrogens with zero attached hydrogens (tertiary/aromatic N) is 4. The number of hydrogen-bond acceptors (Lipinski definition) is 4. The molecule has 2 aliphatic rings. The van der Waals surface area contributed by atoms with E-state index in [9.17, 15) is 13.2 Å². The molecule has 3 rings (SSSR count). The van der Waals surface area contributed by atoms with Crippen LogP contribution in [-0.2, 0) is 21.9 Å². The van der Waals surface area contributed by atoms with Crippen LogP contribution in [0.1, 0.15) is 37.1 Å². The van der Waals surface area contributed by atoms with E-state index in [2.05, 4.69) is 5.10 Å². The molecule has 0 aromatic carbocycles. The predicted molar refractivity (Wildman–Crippen MR) is 90.0 cm³/mol. The molecule has 8 heteroatoms. The Balaban J connectivity index is 1.76. The summed E-state index contributed by atoms with van der Waals surface area (Å²) in [4.78, 5) is 14.6. The summed E-state index contributed by atoms with van der Waals surface area (Å²) in [5.74, 6) is 0.366. The highest BCUT2D eigenvalue weighted by Gasteiger charge is 2.34. The maximum atomic E-state index is 13.0. The minimum Gasteiger partial charge on any atom is -0.341 e. The van der Waals surface area contributed by atoms with Gasteiger partial charge in [-0.3, -0.25) is 9.48 Å². The number of sulfonamides is 1. The molecule has 2 fully saturated rings. The highest BCUT2D eigenvalue weighted by Crippen LogP contribution is 2.29. The summed E-state index contributed by atoms with van der Waals surface area (Å²) >= 11 is 0. The van der Waals surface area contributed by atoms with Gasteiger partial charge in [-0.2, -0.15) is 9.40 Å². The van der Waals surface area contributed by atoms with Gasteiger partial charge in [-0.25, -0.2) is 8.42 Å². The highest BCUT2D eigenvalue weighted by molar-refractivity contribution is 7.89. The summed E-state index contributed by atoms with van der Waals surface area (Å²) in [6.07, 6.45) is 3.76. The van der Waals surface area contributed by atoms with Crippen LogP contribution >= 0.6 is 0 Å². The van der Waals surface area contributed by atoms with Crippen LogP contribution in [-0.4, -0.2) is 59.5 Å². The first-order valence-electron chi connectivity index (χ1n) is 8.61. The normalized spacial score (nSPS) is 20.7. The van der Waals surface area contributed by atoms with Crippen LogP contribution in [0.3, 0.4) is 0 Å². The molecular weight excluding hydrogens is 328 g/mol. The van der Waals surface area contributed by atoms with Gasteiger partial charge in [0, 0.05) is 39.1 Å². The fraction of sp³-hybridized carbons (Fsp3) is 0.750. The van der Waals surface area contributed by atoms with E-state index in [0.717, 1.165) is 19.3 Å². The van der Waals surface area contributed by atoms with Crippen molar-refractivity contribution in [3.8, 4) is 0 Å². The Morgan fingerprint density at radius 1 is 1.08 bits per heavy atom. The zero-order chi connectivity index (χ0) is 17.5. The summed E-state index contributed by atoms with van der Waals surface area (Å²) in [6, 6.07) is 0. The second-order valence-electron chi connectivity index (χ2n) is 6.83. The molecule has 1 aromatic heterocycles. The van der Waals surface area contributed by atoms with Gasteiger partial charge in [0.2, 0.25) is 15.9 Å². The van der Waals surface area contributed by atoms with E-state index in [1.54, 1.807) is 25.6 Å². The fourth-order valence-electron chi connectivity index (χ4n) is 3.52. The number of aryl methyl sites for hydroxylation is 2. The SMILES string of the molecule is Cc1nn(C)c(C)c1S(=O)(=O)N1CCCN(C(=O)C2CCC2)CC1. The summed E-state index contributed by atoms with van der Waals surface area (Å²) < 4.78 is 29.2. The van der Waals surface area contributed by atoms with Gasteiger partial charge in [0.1, 0.15) is 4.90 Å². The van der Waals surface area contributed by atoms with E-state index in [1.165, 1.54) is 4.31 Å². The summed E-state index contributed by atoms with van der Waals surface area (Å²) in [6.45, 7) is 5.43. The maximum Gasteiger partial charge on any atom is 0.246 e. The monoisotopic (exact) mass is 354 g/mol.